The Morgan fingerprint density at radius 2 is 2.05 bits per heavy atom. The Labute approximate surface area is 109 Å². The molecular weight excluding hydrogens is 254 g/mol. The van der Waals surface area contributed by atoms with Crippen molar-refractivity contribution < 1.29 is 29.6 Å². The van der Waals surface area contributed by atoms with Crippen LogP contribution in [0.5, 0.6) is 11.5 Å². The second-order valence-electron chi connectivity index (χ2n) is 3.84. The first kappa shape index (κ1) is 14.8. The molecule has 104 valence electrons. The van der Waals surface area contributed by atoms with Crippen LogP contribution in [-0.2, 0) is 9.53 Å². The molecule has 0 heterocycles. The molecule has 1 atom stereocenters. The maximum atomic E-state index is 11.7. The van der Waals surface area contributed by atoms with Crippen LogP contribution in [-0.4, -0.2) is 47.0 Å². The molecule has 0 saturated carbocycles. The predicted octanol–water partition coefficient (Wildman–Crippen LogP) is 0.317. The summed E-state index contributed by atoms with van der Waals surface area (Å²) in [6.45, 7) is -0.0171. The number of aromatic hydroxyl groups is 2. The van der Waals surface area contributed by atoms with E-state index in [-0.39, 0.29) is 18.5 Å². The molecule has 1 amide bonds. The molecule has 4 N–H and O–H groups in total. The van der Waals surface area contributed by atoms with E-state index in [9.17, 15) is 19.8 Å². The minimum absolute atomic E-state index is 0.0171. The highest BCUT2D eigenvalue weighted by atomic mass is 16.5. The number of benzene rings is 1. The van der Waals surface area contributed by atoms with Gasteiger partial charge in [-0.1, -0.05) is 6.07 Å². The van der Waals surface area contributed by atoms with Gasteiger partial charge in [-0.05, 0) is 12.1 Å². The highest BCUT2D eigenvalue weighted by Crippen LogP contribution is 2.27. The molecule has 0 fully saturated rings. The molecule has 0 aromatic heterocycles. The smallest absolute Gasteiger partial charge is 0.306 e. The third-order valence-electron chi connectivity index (χ3n) is 2.49. The molecule has 0 aliphatic carbocycles. The summed E-state index contributed by atoms with van der Waals surface area (Å²) in [5, 5.41) is 29.8. The molecule has 0 spiro atoms. The van der Waals surface area contributed by atoms with E-state index >= 15 is 0 Å². The molecule has 1 rings (SSSR count). The first-order chi connectivity index (χ1) is 8.95. The number of carbonyl (C=O) groups is 2. The van der Waals surface area contributed by atoms with Gasteiger partial charge in [0.1, 0.15) is 0 Å². The molecule has 1 aromatic rings. The number of para-hydroxylation sites is 1. The summed E-state index contributed by atoms with van der Waals surface area (Å²) in [4.78, 5) is 22.3. The number of methoxy groups -OCH3 is 1. The largest absolute Gasteiger partial charge is 0.504 e. The van der Waals surface area contributed by atoms with Crippen LogP contribution in [0.15, 0.2) is 18.2 Å². The van der Waals surface area contributed by atoms with Gasteiger partial charge in [0.2, 0.25) is 0 Å². The fourth-order valence-corrected chi connectivity index (χ4v) is 1.45. The number of nitrogens with one attached hydrogen (secondary N) is 1. The topological polar surface area (TPSA) is 116 Å². The number of aliphatic carboxylic acids is 1. The lowest BCUT2D eigenvalue weighted by Gasteiger charge is -2.14. The lowest BCUT2D eigenvalue weighted by molar-refractivity contribution is -0.139. The van der Waals surface area contributed by atoms with Gasteiger partial charge in [-0.25, -0.2) is 0 Å². The van der Waals surface area contributed by atoms with Gasteiger partial charge in [0.25, 0.3) is 5.91 Å². The van der Waals surface area contributed by atoms with Gasteiger partial charge in [-0.3, -0.25) is 9.59 Å². The SMILES string of the molecule is COC(CNC(=O)c1cccc(O)c1O)CC(=O)O. The molecule has 0 saturated heterocycles. The Morgan fingerprint density at radius 3 is 2.63 bits per heavy atom. The van der Waals surface area contributed by atoms with Crippen LogP contribution in [0.1, 0.15) is 16.8 Å². The average molecular weight is 269 g/mol. The number of hydrogen-bond donors (Lipinski definition) is 4. The Balaban J connectivity index is 2.64. The van der Waals surface area contributed by atoms with Gasteiger partial charge in [-0.2, -0.15) is 0 Å². The number of carbonyl (C=O) groups excluding carboxylic acids is 1. The van der Waals surface area contributed by atoms with E-state index in [4.69, 9.17) is 9.84 Å². The van der Waals surface area contributed by atoms with Crippen LogP contribution >= 0.6 is 0 Å². The van der Waals surface area contributed by atoms with E-state index in [1.165, 1.54) is 25.3 Å². The Hall–Kier alpha value is -2.28. The summed E-state index contributed by atoms with van der Waals surface area (Å²) < 4.78 is 4.89. The summed E-state index contributed by atoms with van der Waals surface area (Å²) in [7, 11) is 1.34. The molecule has 0 aliphatic rings. The van der Waals surface area contributed by atoms with E-state index in [1.807, 2.05) is 0 Å². The number of phenols is 2. The summed E-state index contributed by atoms with van der Waals surface area (Å²) in [6, 6.07) is 3.99. The van der Waals surface area contributed by atoms with Crippen molar-refractivity contribution in [1.82, 2.24) is 5.32 Å². The van der Waals surface area contributed by atoms with E-state index in [2.05, 4.69) is 5.32 Å². The third-order valence-corrected chi connectivity index (χ3v) is 2.49. The normalized spacial score (nSPS) is 11.8. The number of carboxylic acids is 1. The third kappa shape index (κ3) is 4.14. The highest BCUT2D eigenvalue weighted by molar-refractivity contribution is 5.97. The second kappa shape index (κ2) is 6.60. The second-order valence-corrected chi connectivity index (χ2v) is 3.84. The molecule has 7 nitrogen and oxygen atoms in total. The van der Waals surface area contributed by atoms with Crippen LogP contribution in [0.4, 0.5) is 0 Å². The minimum Gasteiger partial charge on any atom is -0.504 e. The molecular formula is C12H15NO6. The van der Waals surface area contributed by atoms with Crippen molar-refractivity contribution in [3.8, 4) is 11.5 Å². The van der Waals surface area contributed by atoms with Gasteiger partial charge in [0.05, 0.1) is 18.1 Å². The Bertz CT molecular complexity index is 473. The fourth-order valence-electron chi connectivity index (χ4n) is 1.45. The fraction of sp³-hybridized carbons (Fsp3) is 0.333. The number of ether oxygens (including phenoxy) is 1. The van der Waals surface area contributed by atoms with Crippen molar-refractivity contribution in [3.63, 3.8) is 0 Å². The molecule has 1 aromatic carbocycles. The number of carboxylic acid groups (broad SMARTS) is 1. The first-order valence-electron chi connectivity index (χ1n) is 5.49. The summed E-state index contributed by atoms with van der Waals surface area (Å²) in [5.41, 5.74) is -0.0924. The molecule has 7 heteroatoms. The molecule has 19 heavy (non-hydrogen) atoms. The van der Waals surface area contributed by atoms with Gasteiger partial charge < -0.3 is 25.4 Å². The quantitative estimate of drug-likeness (QED) is 0.553. The lowest BCUT2D eigenvalue weighted by atomic mass is 10.1. The van der Waals surface area contributed by atoms with Crippen LogP contribution in [0, 0.1) is 0 Å². The zero-order valence-corrected chi connectivity index (χ0v) is 10.3. The van der Waals surface area contributed by atoms with E-state index in [0.717, 1.165) is 0 Å². The van der Waals surface area contributed by atoms with Gasteiger partial charge >= 0.3 is 5.97 Å². The molecule has 0 bridgehead atoms. The number of amides is 1. The van der Waals surface area contributed by atoms with E-state index in [1.54, 1.807) is 0 Å². The summed E-state index contributed by atoms with van der Waals surface area (Å²) >= 11 is 0. The predicted molar refractivity (Wildman–Crippen MR) is 65.2 cm³/mol. The van der Waals surface area contributed by atoms with Crippen molar-refractivity contribution in [1.29, 1.82) is 0 Å². The monoisotopic (exact) mass is 269 g/mol. The van der Waals surface area contributed by atoms with Gasteiger partial charge in [0.15, 0.2) is 11.5 Å². The van der Waals surface area contributed by atoms with Crippen LogP contribution < -0.4 is 5.32 Å². The Kier molecular flexibility index (Phi) is 5.13. The lowest BCUT2D eigenvalue weighted by Crippen LogP contribution is -2.34. The molecule has 0 aliphatic heterocycles. The highest BCUT2D eigenvalue weighted by Gasteiger charge is 2.17. The number of hydrogen-bond acceptors (Lipinski definition) is 5. The molecule has 0 radical (unpaired) electrons. The summed E-state index contributed by atoms with van der Waals surface area (Å²) in [6.07, 6.45) is -0.913. The van der Waals surface area contributed by atoms with Crippen molar-refractivity contribution in [3.05, 3.63) is 23.8 Å². The summed E-state index contributed by atoms with van der Waals surface area (Å²) in [5.74, 6) is -2.59. The van der Waals surface area contributed by atoms with Gasteiger partial charge in [0, 0.05) is 13.7 Å². The van der Waals surface area contributed by atoms with Gasteiger partial charge in [-0.15, -0.1) is 0 Å². The minimum atomic E-state index is -1.04. The Morgan fingerprint density at radius 1 is 1.37 bits per heavy atom. The van der Waals surface area contributed by atoms with E-state index in [0.29, 0.717) is 0 Å². The van der Waals surface area contributed by atoms with Crippen LogP contribution in [0.3, 0.4) is 0 Å². The van der Waals surface area contributed by atoms with E-state index < -0.39 is 29.5 Å². The average Bonchev–Trinajstić information content (AvgIpc) is 2.37. The first-order valence-corrected chi connectivity index (χ1v) is 5.49. The van der Waals surface area contributed by atoms with Crippen LogP contribution in [0.25, 0.3) is 0 Å². The van der Waals surface area contributed by atoms with Crippen molar-refractivity contribution in [2.45, 2.75) is 12.5 Å². The van der Waals surface area contributed by atoms with Crippen molar-refractivity contribution in [2.75, 3.05) is 13.7 Å². The molecule has 1 unspecified atom stereocenters. The zero-order valence-electron chi connectivity index (χ0n) is 10.3. The number of phenolic OH excluding ortho intramolecular Hbond substituents is 2. The van der Waals surface area contributed by atoms with Crippen molar-refractivity contribution >= 4 is 11.9 Å². The number of rotatable bonds is 6. The van der Waals surface area contributed by atoms with Crippen LogP contribution in [0.2, 0.25) is 0 Å². The maximum absolute atomic E-state index is 11.7. The standard InChI is InChI=1S/C12H15NO6/c1-19-7(5-10(15)16)6-13-12(18)8-3-2-4-9(14)11(8)17/h2-4,7,14,17H,5-6H2,1H3,(H,13,18)(H,15,16). The maximum Gasteiger partial charge on any atom is 0.306 e. The van der Waals surface area contributed by atoms with Crippen molar-refractivity contribution in [2.24, 2.45) is 0 Å². The zero-order chi connectivity index (χ0) is 14.4.